The molecule has 0 unspecified atom stereocenters. The van der Waals surface area contributed by atoms with E-state index in [1.807, 2.05) is 0 Å². The normalized spacial score (nSPS) is 9.23. The Morgan fingerprint density at radius 2 is 2.00 bits per heavy atom. The average Bonchev–Trinajstić information content (AvgIpc) is 2.19. The van der Waals surface area contributed by atoms with E-state index in [1.165, 1.54) is 0 Å². The Balaban J connectivity index is 2.46. The van der Waals surface area contributed by atoms with Crippen molar-refractivity contribution in [1.29, 1.82) is 0 Å². The summed E-state index contributed by atoms with van der Waals surface area (Å²) in [6.45, 7) is 8.02. The zero-order chi connectivity index (χ0) is 9.52. The Kier molecular flexibility index (Phi) is 3.80. The molecular formula is C10H12N2O. The van der Waals surface area contributed by atoms with E-state index >= 15 is 0 Å². The van der Waals surface area contributed by atoms with Crippen LogP contribution in [0.5, 0.6) is 5.75 Å². The average molecular weight is 176 g/mol. The van der Waals surface area contributed by atoms with Gasteiger partial charge in [-0.3, -0.25) is 0 Å². The third kappa shape index (κ3) is 3.14. The Morgan fingerprint density at radius 1 is 1.31 bits per heavy atom. The van der Waals surface area contributed by atoms with Crippen molar-refractivity contribution in [2.45, 2.75) is 6.42 Å². The smallest absolute Gasteiger partial charge is 0.187 e. The SMILES string of the molecule is [C-]#[N+]c1ccc(OCCCN)cc1. The van der Waals surface area contributed by atoms with Crippen LogP contribution in [0.25, 0.3) is 4.85 Å². The van der Waals surface area contributed by atoms with Crippen molar-refractivity contribution in [2.75, 3.05) is 13.2 Å². The van der Waals surface area contributed by atoms with E-state index in [1.54, 1.807) is 24.3 Å². The van der Waals surface area contributed by atoms with Gasteiger partial charge in [0.15, 0.2) is 5.69 Å². The highest BCUT2D eigenvalue weighted by atomic mass is 16.5. The van der Waals surface area contributed by atoms with Gasteiger partial charge in [-0.1, -0.05) is 12.1 Å². The minimum absolute atomic E-state index is 0.631. The van der Waals surface area contributed by atoms with Gasteiger partial charge in [-0.2, -0.15) is 0 Å². The van der Waals surface area contributed by atoms with Gasteiger partial charge in [-0.05, 0) is 25.1 Å². The molecule has 0 bridgehead atoms. The molecule has 0 aliphatic carbocycles. The fourth-order valence-electron chi connectivity index (χ4n) is 0.890. The molecule has 68 valence electrons. The maximum Gasteiger partial charge on any atom is 0.187 e. The fraction of sp³-hybridized carbons (Fsp3) is 0.300. The van der Waals surface area contributed by atoms with Crippen molar-refractivity contribution in [3.8, 4) is 5.75 Å². The summed E-state index contributed by atoms with van der Waals surface area (Å²) in [7, 11) is 0. The minimum atomic E-state index is 0.631. The van der Waals surface area contributed by atoms with E-state index in [9.17, 15) is 0 Å². The molecule has 0 saturated heterocycles. The standard InChI is InChI=1S/C10H12N2O/c1-12-9-3-5-10(6-4-9)13-8-2-7-11/h3-6H,2,7-8,11H2. The molecular weight excluding hydrogens is 164 g/mol. The van der Waals surface area contributed by atoms with E-state index < -0.39 is 0 Å². The van der Waals surface area contributed by atoms with E-state index in [0.29, 0.717) is 18.8 Å². The number of nitrogens with zero attached hydrogens (tertiary/aromatic N) is 1. The number of nitrogens with two attached hydrogens (primary N) is 1. The van der Waals surface area contributed by atoms with Gasteiger partial charge in [0.2, 0.25) is 0 Å². The molecule has 1 aromatic rings. The van der Waals surface area contributed by atoms with E-state index in [-0.39, 0.29) is 0 Å². The molecule has 3 heteroatoms. The first-order chi connectivity index (χ1) is 6.36. The minimum Gasteiger partial charge on any atom is -0.494 e. The number of ether oxygens (including phenoxy) is 1. The summed E-state index contributed by atoms with van der Waals surface area (Å²) in [6, 6.07) is 7.07. The second-order valence-electron chi connectivity index (χ2n) is 2.60. The van der Waals surface area contributed by atoms with Crippen molar-refractivity contribution in [1.82, 2.24) is 0 Å². The molecule has 0 aliphatic heterocycles. The third-order valence-corrected chi connectivity index (χ3v) is 1.58. The molecule has 0 fully saturated rings. The molecule has 1 rings (SSSR count). The first-order valence-electron chi connectivity index (χ1n) is 4.17. The van der Waals surface area contributed by atoms with Crippen LogP contribution in [0.3, 0.4) is 0 Å². The van der Waals surface area contributed by atoms with E-state index in [4.69, 9.17) is 17.0 Å². The second kappa shape index (κ2) is 5.18. The zero-order valence-electron chi connectivity index (χ0n) is 7.36. The first-order valence-corrected chi connectivity index (χ1v) is 4.17. The van der Waals surface area contributed by atoms with Crippen LogP contribution in [-0.2, 0) is 0 Å². The van der Waals surface area contributed by atoms with Gasteiger partial charge in [-0.25, -0.2) is 4.85 Å². The highest BCUT2D eigenvalue weighted by molar-refractivity contribution is 5.46. The van der Waals surface area contributed by atoms with Gasteiger partial charge in [0.05, 0.1) is 13.2 Å². The molecule has 0 spiro atoms. The molecule has 3 nitrogen and oxygen atoms in total. The molecule has 1 aromatic carbocycles. The molecule has 0 saturated carbocycles. The molecule has 0 aromatic heterocycles. The van der Waals surface area contributed by atoms with Crippen LogP contribution >= 0.6 is 0 Å². The molecule has 0 radical (unpaired) electrons. The third-order valence-electron chi connectivity index (χ3n) is 1.58. The first kappa shape index (κ1) is 9.56. The molecule has 0 aliphatic rings. The van der Waals surface area contributed by atoms with Gasteiger partial charge in [0, 0.05) is 0 Å². The summed E-state index contributed by atoms with van der Waals surface area (Å²) in [5, 5.41) is 0. The van der Waals surface area contributed by atoms with E-state index in [2.05, 4.69) is 4.85 Å². The monoisotopic (exact) mass is 176 g/mol. The highest BCUT2D eigenvalue weighted by Crippen LogP contribution is 2.17. The Hall–Kier alpha value is -1.53. The summed E-state index contributed by atoms with van der Waals surface area (Å²) >= 11 is 0. The van der Waals surface area contributed by atoms with Crippen molar-refractivity contribution in [3.63, 3.8) is 0 Å². The number of rotatable bonds is 4. The summed E-state index contributed by atoms with van der Waals surface area (Å²) < 4.78 is 5.36. The van der Waals surface area contributed by atoms with Crippen LogP contribution in [-0.4, -0.2) is 13.2 Å². The lowest BCUT2D eigenvalue weighted by atomic mass is 10.3. The van der Waals surface area contributed by atoms with Crippen molar-refractivity contribution in [3.05, 3.63) is 35.7 Å². The lowest BCUT2D eigenvalue weighted by Crippen LogP contribution is -2.05. The van der Waals surface area contributed by atoms with Crippen molar-refractivity contribution in [2.24, 2.45) is 5.73 Å². The maximum absolute atomic E-state index is 6.75. The molecule has 0 atom stereocenters. The number of hydrogen-bond donors (Lipinski definition) is 1. The van der Waals surface area contributed by atoms with Crippen LogP contribution < -0.4 is 10.5 Å². The van der Waals surface area contributed by atoms with Crippen LogP contribution in [0.15, 0.2) is 24.3 Å². The van der Waals surface area contributed by atoms with Crippen LogP contribution in [0.2, 0.25) is 0 Å². The van der Waals surface area contributed by atoms with Gasteiger partial charge in [-0.15, -0.1) is 0 Å². The van der Waals surface area contributed by atoms with Crippen molar-refractivity contribution < 1.29 is 4.74 Å². The summed E-state index contributed by atoms with van der Waals surface area (Å²) in [5.74, 6) is 0.792. The summed E-state index contributed by atoms with van der Waals surface area (Å²) in [5.41, 5.74) is 5.95. The van der Waals surface area contributed by atoms with Crippen LogP contribution in [0.1, 0.15) is 6.42 Å². The number of hydrogen-bond acceptors (Lipinski definition) is 2. The molecule has 13 heavy (non-hydrogen) atoms. The quantitative estimate of drug-likeness (QED) is 0.562. The topological polar surface area (TPSA) is 39.6 Å². The molecule has 0 amide bonds. The molecule has 0 heterocycles. The number of benzene rings is 1. The largest absolute Gasteiger partial charge is 0.494 e. The van der Waals surface area contributed by atoms with E-state index in [0.717, 1.165) is 12.2 Å². The lowest BCUT2D eigenvalue weighted by Gasteiger charge is -2.04. The van der Waals surface area contributed by atoms with Crippen LogP contribution in [0, 0.1) is 6.57 Å². The van der Waals surface area contributed by atoms with Crippen LogP contribution in [0.4, 0.5) is 5.69 Å². The predicted molar refractivity (Wildman–Crippen MR) is 51.9 cm³/mol. The zero-order valence-corrected chi connectivity index (χ0v) is 7.36. The molecule has 2 N–H and O–H groups in total. The van der Waals surface area contributed by atoms with Gasteiger partial charge < -0.3 is 10.5 Å². The lowest BCUT2D eigenvalue weighted by molar-refractivity contribution is 0.313. The Bertz CT molecular complexity index is 287. The maximum atomic E-state index is 6.75. The Morgan fingerprint density at radius 3 is 2.54 bits per heavy atom. The summed E-state index contributed by atoms with van der Waals surface area (Å²) in [4.78, 5) is 3.28. The summed E-state index contributed by atoms with van der Waals surface area (Å²) in [6.07, 6.45) is 0.852. The van der Waals surface area contributed by atoms with Gasteiger partial charge in [0.25, 0.3) is 0 Å². The highest BCUT2D eigenvalue weighted by Gasteiger charge is 1.93. The second-order valence-corrected chi connectivity index (χ2v) is 2.60. The Labute approximate surface area is 77.9 Å². The fourth-order valence-corrected chi connectivity index (χ4v) is 0.890. The van der Waals surface area contributed by atoms with Crippen molar-refractivity contribution >= 4 is 5.69 Å². The van der Waals surface area contributed by atoms with Gasteiger partial charge in [0.1, 0.15) is 5.75 Å². The van der Waals surface area contributed by atoms with Gasteiger partial charge >= 0.3 is 0 Å². The predicted octanol–water partition coefficient (Wildman–Crippen LogP) is 1.96.